The van der Waals surface area contributed by atoms with Gasteiger partial charge in [0, 0.05) is 18.2 Å². The van der Waals surface area contributed by atoms with Gasteiger partial charge in [0.2, 0.25) is 10.0 Å². The summed E-state index contributed by atoms with van der Waals surface area (Å²) >= 11 is 0. The molecule has 2 aromatic rings. The van der Waals surface area contributed by atoms with Crippen LogP contribution in [0.4, 0.5) is 0 Å². The largest absolute Gasteiger partial charge is 0.282 e. The van der Waals surface area contributed by atoms with Crippen molar-refractivity contribution in [2.75, 3.05) is 0 Å². The van der Waals surface area contributed by atoms with Gasteiger partial charge in [0.05, 0.1) is 11.1 Å². The van der Waals surface area contributed by atoms with Crippen molar-refractivity contribution >= 4 is 10.0 Å². The van der Waals surface area contributed by atoms with Crippen LogP contribution in [0.25, 0.3) is 0 Å². The Bertz CT molecular complexity index is 704. The highest BCUT2D eigenvalue weighted by molar-refractivity contribution is 7.89. The van der Waals surface area contributed by atoms with Gasteiger partial charge in [-0.25, -0.2) is 13.1 Å². The fourth-order valence-electron chi connectivity index (χ4n) is 2.51. The van der Waals surface area contributed by atoms with E-state index in [1.54, 1.807) is 12.1 Å². The third-order valence-corrected chi connectivity index (χ3v) is 5.21. The second-order valence-corrected chi connectivity index (χ2v) is 6.96. The third-order valence-electron chi connectivity index (χ3n) is 3.67. The number of rotatable bonds is 3. The summed E-state index contributed by atoms with van der Waals surface area (Å²) in [4.78, 5) is 0.318. The summed E-state index contributed by atoms with van der Waals surface area (Å²) in [5, 5.41) is 6.94. The Labute approximate surface area is 118 Å². The lowest BCUT2D eigenvalue weighted by Gasteiger charge is -2.22. The van der Waals surface area contributed by atoms with Crippen molar-refractivity contribution in [1.82, 2.24) is 14.9 Å². The van der Waals surface area contributed by atoms with Gasteiger partial charge in [-0.05, 0) is 37.5 Å². The Morgan fingerprint density at radius 3 is 2.80 bits per heavy atom. The molecule has 0 bridgehead atoms. The molecule has 20 heavy (non-hydrogen) atoms. The smallest absolute Gasteiger partial charge is 0.240 e. The monoisotopic (exact) mass is 291 g/mol. The quantitative estimate of drug-likeness (QED) is 0.901. The topological polar surface area (TPSA) is 74.8 Å². The Morgan fingerprint density at radius 1 is 1.30 bits per heavy atom. The molecule has 1 aromatic carbocycles. The van der Waals surface area contributed by atoms with Crippen LogP contribution in [0.2, 0.25) is 0 Å². The number of sulfonamides is 1. The summed E-state index contributed by atoms with van der Waals surface area (Å²) < 4.78 is 27.4. The SMILES string of the molecule is Cc1ccc(S(=O)(=O)NC2CCc3cn[nH]c3C2)cc1. The van der Waals surface area contributed by atoms with Crippen LogP contribution >= 0.6 is 0 Å². The van der Waals surface area contributed by atoms with E-state index in [4.69, 9.17) is 0 Å². The second-order valence-electron chi connectivity index (χ2n) is 5.25. The molecule has 6 heteroatoms. The van der Waals surface area contributed by atoms with Gasteiger partial charge >= 0.3 is 0 Å². The van der Waals surface area contributed by atoms with Gasteiger partial charge < -0.3 is 0 Å². The molecule has 1 heterocycles. The summed E-state index contributed by atoms with van der Waals surface area (Å²) in [5.41, 5.74) is 3.27. The maximum Gasteiger partial charge on any atom is 0.240 e. The van der Waals surface area contributed by atoms with Crippen molar-refractivity contribution in [2.45, 2.75) is 37.1 Å². The predicted octanol–water partition coefficient (Wildman–Crippen LogP) is 1.55. The number of aromatic amines is 1. The molecule has 1 aliphatic carbocycles. The van der Waals surface area contributed by atoms with Crippen LogP contribution in [0, 0.1) is 6.92 Å². The Hall–Kier alpha value is -1.66. The molecule has 1 aromatic heterocycles. The molecule has 2 N–H and O–H groups in total. The number of nitrogens with zero attached hydrogens (tertiary/aromatic N) is 1. The minimum Gasteiger partial charge on any atom is -0.282 e. The molecule has 0 radical (unpaired) electrons. The van der Waals surface area contributed by atoms with Crippen molar-refractivity contribution in [2.24, 2.45) is 0 Å². The van der Waals surface area contributed by atoms with Gasteiger partial charge in [0.25, 0.3) is 0 Å². The molecule has 0 spiro atoms. The molecule has 0 saturated heterocycles. The lowest BCUT2D eigenvalue weighted by Crippen LogP contribution is -2.38. The first-order valence-corrected chi connectivity index (χ1v) is 8.13. The molecule has 3 rings (SSSR count). The highest BCUT2D eigenvalue weighted by atomic mass is 32.2. The van der Waals surface area contributed by atoms with Crippen LogP contribution in [0.5, 0.6) is 0 Å². The molecule has 1 atom stereocenters. The minimum absolute atomic E-state index is 0.0748. The highest BCUT2D eigenvalue weighted by Gasteiger charge is 2.25. The van der Waals surface area contributed by atoms with Gasteiger partial charge in [-0.3, -0.25) is 5.10 Å². The first kappa shape index (κ1) is 13.3. The van der Waals surface area contributed by atoms with Crippen molar-refractivity contribution < 1.29 is 8.42 Å². The van der Waals surface area contributed by atoms with E-state index in [2.05, 4.69) is 14.9 Å². The Balaban J connectivity index is 1.76. The molecule has 0 fully saturated rings. The van der Waals surface area contributed by atoms with E-state index in [0.29, 0.717) is 11.3 Å². The first-order chi connectivity index (χ1) is 9.54. The van der Waals surface area contributed by atoms with Crippen LogP contribution in [0.15, 0.2) is 35.4 Å². The summed E-state index contributed by atoms with van der Waals surface area (Å²) in [6.07, 6.45) is 4.14. The van der Waals surface area contributed by atoms with E-state index in [1.807, 2.05) is 25.3 Å². The summed E-state index contributed by atoms with van der Waals surface area (Å²) in [7, 11) is -3.45. The normalized spacial score (nSPS) is 18.8. The maximum absolute atomic E-state index is 12.3. The number of fused-ring (bicyclic) bond motifs is 1. The van der Waals surface area contributed by atoms with Crippen LogP contribution in [0.3, 0.4) is 0 Å². The standard InChI is InChI=1S/C14H17N3O2S/c1-10-2-6-13(7-3-10)20(18,19)17-12-5-4-11-9-15-16-14(11)8-12/h2-3,6-7,9,12,17H,4-5,8H2,1H3,(H,15,16). The van der Waals surface area contributed by atoms with Crippen molar-refractivity contribution in [3.63, 3.8) is 0 Å². The minimum atomic E-state index is -3.45. The summed E-state index contributed by atoms with van der Waals surface area (Å²) in [6, 6.07) is 6.82. The zero-order valence-electron chi connectivity index (χ0n) is 11.3. The van der Waals surface area contributed by atoms with Gasteiger partial charge in [-0.15, -0.1) is 0 Å². The van der Waals surface area contributed by atoms with Crippen molar-refractivity contribution in [3.05, 3.63) is 47.3 Å². The lowest BCUT2D eigenvalue weighted by molar-refractivity contribution is 0.504. The molecule has 5 nitrogen and oxygen atoms in total. The second kappa shape index (κ2) is 5.03. The van der Waals surface area contributed by atoms with Crippen molar-refractivity contribution in [3.8, 4) is 0 Å². The van der Waals surface area contributed by atoms with E-state index >= 15 is 0 Å². The van der Waals surface area contributed by atoms with E-state index in [-0.39, 0.29) is 6.04 Å². The van der Waals surface area contributed by atoms with E-state index in [9.17, 15) is 8.42 Å². The summed E-state index contributed by atoms with van der Waals surface area (Å²) in [6.45, 7) is 1.94. The fourth-order valence-corrected chi connectivity index (χ4v) is 3.78. The number of benzene rings is 1. The Morgan fingerprint density at radius 2 is 2.05 bits per heavy atom. The molecule has 0 saturated carbocycles. The van der Waals surface area contributed by atoms with E-state index in [0.717, 1.165) is 24.1 Å². The number of H-pyrrole nitrogens is 1. The van der Waals surface area contributed by atoms with Gasteiger partial charge in [0.15, 0.2) is 0 Å². The maximum atomic E-state index is 12.3. The summed E-state index contributed by atoms with van der Waals surface area (Å²) in [5.74, 6) is 0. The number of aromatic nitrogens is 2. The van der Waals surface area contributed by atoms with Gasteiger partial charge in [-0.1, -0.05) is 17.7 Å². The number of hydrogen-bond donors (Lipinski definition) is 2. The number of hydrogen-bond acceptors (Lipinski definition) is 3. The Kier molecular flexibility index (Phi) is 3.35. The average Bonchev–Trinajstić information content (AvgIpc) is 2.86. The van der Waals surface area contributed by atoms with Crippen LogP contribution in [0.1, 0.15) is 23.2 Å². The molecule has 1 unspecified atom stereocenters. The number of aryl methyl sites for hydroxylation is 2. The molecule has 1 aliphatic rings. The molecular formula is C14H17N3O2S. The van der Waals surface area contributed by atoms with Crippen LogP contribution in [-0.2, 0) is 22.9 Å². The third kappa shape index (κ3) is 2.62. The van der Waals surface area contributed by atoms with Gasteiger partial charge in [-0.2, -0.15) is 5.10 Å². The van der Waals surface area contributed by atoms with Crippen molar-refractivity contribution in [1.29, 1.82) is 0 Å². The van der Waals surface area contributed by atoms with Crippen LogP contribution < -0.4 is 4.72 Å². The van der Waals surface area contributed by atoms with Gasteiger partial charge in [0.1, 0.15) is 0 Å². The molecule has 0 aliphatic heterocycles. The lowest BCUT2D eigenvalue weighted by atomic mass is 9.95. The molecular weight excluding hydrogens is 274 g/mol. The fraction of sp³-hybridized carbons (Fsp3) is 0.357. The zero-order chi connectivity index (χ0) is 14.2. The first-order valence-electron chi connectivity index (χ1n) is 6.65. The average molecular weight is 291 g/mol. The predicted molar refractivity (Wildman–Crippen MR) is 75.9 cm³/mol. The van der Waals surface area contributed by atoms with E-state index < -0.39 is 10.0 Å². The van der Waals surface area contributed by atoms with Crippen LogP contribution in [-0.4, -0.2) is 24.7 Å². The molecule has 106 valence electrons. The molecule has 0 amide bonds. The van der Waals surface area contributed by atoms with E-state index in [1.165, 1.54) is 5.56 Å². The zero-order valence-corrected chi connectivity index (χ0v) is 12.1. The number of nitrogens with one attached hydrogen (secondary N) is 2. The highest BCUT2D eigenvalue weighted by Crippen LogP contribution is 2.20.